The quantitative estimate of drug-likeness (QED) is 0.755. The summed E-state index contributed by atoms with van der Waals surface area (Å²) >= 11 is 0. The first-order valence-electron chi connectivity index (χ1n) is 7.15. The maximum Gasteiger partial charge on any atom is 0.319 e. The molecule has 0 radical (unpaired) electrons. The van der Waals surface area contributed by atoms with Gasteiger partial charge in [-0.1, -0.05) is 0 Å². The van der Waals surface area contributed by atoms with Crippen LogP contribution in [0.25, 0.3) is 0 Å². The summed E-state index contributed by atoms with van der Waals surface area (Å²) in [4.78, 5) is 14.0. The topological polar surface area (TPSA) is 71.4 Å². The first kappa shape index (κ1) is 14.8. The third kappa shape index (κ3) is 4.82. The highest BCUT2D eigenvalue weighted by Crippen LogP contribution is 2.04. The second-order valence-corrected chi connectivity index (χ2v) is 4.77. The molecule has 2 heterocycles. The largest absolute Gasteiger partial charge is 0.379 e. The van der Waals surface area contributed by atoms with E-state index in [1.807, 2.05) is 13.1 Å². The molecular weight excluding hydrogens is 258 g/mol. The molecule has 1 aromatic heterocycles. The van der Waals surface area contributed by atoms with Gasteiger partial charge in [0.2, 0.25) is 0 Å². The third-order valence-corrected chi connectivity index (χ3v) is 3.26. The summed E-state index contributed by atoms with van der Waals surface area (Å²) in [5.74, 6) is 0. The van der Waals surface area contributed by atoms with Gasteiger partial charge in [0.1, 0.15) is 0 Å². The van der Waals surface area contributed by atoms with Crippen LogP contribution in [0.4, 0.5) is 10.5 Å². The molecule has 0 saturated carbocycles. The second kappa shape index (κ2) is 7.86. The minimum absolute atomic E-state index is 0.178. The molecule has 0 bridgehead atoms. The lowest BCUT2D eigenvalue weighted by atomic mass is 10.3. The zero-order valence-corrected chi connectivity index (χ0v) is 12.0. The van der Waals surface area contributed by atoms with Gasteiger partial charge in [0, 0.05) is 32.4 Å². The summed E-state index contributed by atoms with van der Waals surface area (Å²) in [6.07, 6.45) is 4.41. The smallest absolute Gasteiger partial charge is 0.319 e. The van der Waals surface area contributed by atoms with Crippen LogP contribution in [0.1, 0.15) is 13.3 Å². The summed E-state index contributed by atoms with van der Waals surface area (Å²) in [5, 5.41) is 9.72. The summed E-state index contributed by atoms with van der Waals surface area (Å²) < 4.78 is 7.06. The lowest BCUT2D eigenvalue weighted by molar-refractivity contribution is 0.0375. The van der Waals surface area contributed by atoms with Crippen LogP contribution in [0, 0.1) is 0 Å². The second-order valence-electron chi connectivity index (χ2n) is 4.77. The van der Waals surface area contributed by atoms with Crippen LogP contribution in [-0.4, -0.2) is 60.1 Å². The van der Waals surface area contributed by atoms with E-state index in [0.717, 1.165) is 51.5 Å². The number of morpholine rings is 1. The molecule has 0 atom stereocenters. The van der Waals surface area contributed by atoms with Gasteiger partial charge in [-0.15, -0.1) is 0 Å². The van der Waals surface area contributed by atoms with Crippen molar-refractivity contribution in [1.82, 2.24) is 20.0 Å². The van der Waals surface area contributed by atoms with Crippen molar-refractivity contribution in [3.63, 3.8) is 0 Å². The maximum atomic E-state index is 11.7. The molecule has 7 heteroatoms. The Morgan fingerprint density at radius 3 is 2.95 bits per heavy atom. The molecule has 7 nitrogen and oxygen atoms in total. The molecule has 2 rings (SSSR count). The SMILES string of the molecule is CCn1cc(NC(=O)NCCCN2CCOCC2)cn1. The van der Waals surface area contributed by atoms with Crippen molar-refractivity contribution in [2.75, 3.05) is 44.7 Å². The van der Waals surface area contributed by atoms with Gasteiger partial charge in [0.05, 0.1) is 25.1 Å². The number of ether oxygens (including phenoxy) is 1. The van der Waals surface area contributed by atoms with Crippen LogP contribution in [0.15, 0.2) is 12.4 Å². The normalized spacial score (nSPS) is 16.1. The lowest BCUT2D eigenvalue weighted by Crippen LogP contribution is -2.38. The number of nitrogens with one attached hydrogen (secondary N) is 2. The Labute approximate surface area is 119 Å². The number of carbonyl (C=O) groups excluding carboxylic acids is 1. The number of rotatable bonds is 6. The van der Waals surface area contributed by atoms with Gasteiger partial charge in [0.15, 0.2) is 0 Å². The van der Waals surface area contributed by atoms with Crippen LogP contribution in [0.3, 0.4) is 0 Å². The molecule has 1 aliphatic heterocycles. The Morgan fingerprint density at radius 2 is 2.25 bits per heavy atom. The number of hydrogen-bond donors (Lipinski definition) is 2. The Hall–Kier alpha value is -1.60. The van der Waals surface area contributed by atoms with E-state index in [2.05, 4.69) is 20.6 Å². The predicted octanol–water partition coefficient (Wildman–Crippen LogP) is 0.747. The summed E-state index contributed by atoms with van der Waals surface area (Å²) in [6.45, 7) is 8.07. The fourth-order valence-electron chi connectivity index (χ4n) is 2.11. The van der Waals surface area contributed by atoms with E-state index >= 15 is 0 Å². The minimum atomic E-state index is -0.178. The van der Waals surface area contributed by atoms with E-state index in [-0.39, 0.29) is 6.03 Å². The Kier molecular flexibility index (Phi) is 5.82. The Bertz CT molecular complexity index is 415. The molecule has 1 aliphatic rings. The summed E-state index contributed by atoms with van der Waals surface area (Å²) in [7, 11) is 0. The van der Waals surface area contributed by atoms with Crippen molar-refractivity contribution in [3.05, 3.63) is 12.4 Å². The molecule has 0 spiro atoms. The average molecular weight is 281 g/mol. The van der Waals surface area contributed by atoms with Crippen LogP contribution >= 0.6 is 0 Å². The monoisotopic (exact) mass is 281 g/mol. The molecule has 1 fully saturated rings. The van der Waals surface area contributed by atoms with Gasteiger partial charge in [-0.3, -0.25) is 9.58 Å². The standard InChI is InChI=1S/C13H23N5O2/c1-2-18-11-12(10-15-18)16-13(19)14-4-3-5-17-6-8-20-9-7-17/h10-11H,2-9H2,1H3,(H2,14,16,19). The highest BCUT2D eigenvalue weighted by Gasteiger charge is 2.09. The van der Waals surface area contributed by atoms with Crippen LogP contribution in [0.2, 0.25) is 0 Å². The fraction of sp³-hybridized carbons (Fsp3) is 0.692. The molecule has 112 valence electrons. The van der Waals surface area contributed by atoms with E-state index in [1.54, 1.807) is 10.9 Å². The van der Waals surface area contributed by atoms with E-state index in [9.17, 15) is 4.79 Å². The zero-order valence-electron chi connectivity index (χ0n) is 12.0. The van der Waals surface area contributed by atoms with Gasteiger partial charge < -0.3 is 15.4 Å². The zero-order chi connectivity index (χ0) is 14.2. The van der Waals surface area contributed by atoms with Crippen LogP contribution in [0.5, 0.6) is 0 Å². The number of nitrogens with zero attached hydrogens (tertiary/aromatic N) is 3. The third-order valence-electron chi connectivity index (χ3n) is 3.26. The first-order chi connectivity index (χ1) is 9.78. The fourth-order valence-corrected chi connectivity index (χ4v) is 2.11. The van der Waals surface area contributed by atoms with Gasteiger partial charge in [-0.2, -0.15) is 5.10 Å². The number of amides is 2. The number of anilines is 1. The van der Waals surface area contributed by atoms with Gasteiger partial charge >= 0.3 is 6.03 Å². The molecule has 0 aliphatic carbocycles. The number of aromatic nitrogens is 2. The number of aryl methyl sites for hydroxylation is 1. The van der Waals surface area contributed by atoms with E-state index in [4.69, 9.17) is 4.74 Å². The summed E-state index contributed by atoms with van der Waals surface area (Å²) in [5.41, 5.74) is 0.720. The first-order valence-corrected chi connectivity index (χ1v) is 7.15. The number of carbonyl (C=O) groups is 1. The molecule has 1 saturated heterocycles. The van der Waals surface area contributed by atoms with Crippen molar-refractivity contribution in [2.24, 2.45) is 0 Å². The molecule has 0 aromatic carbocycles. The summed E-state index contributed by atoms with van der Waals surface area (Å²) in [6, 6.07) is -0.178. The highest BCUT2D eigenvalue weighted by atomic mass is 16.5. The van der Waals surface area contributed by atoms with Crippen molar-refractivity contribution in [1.29, 1.82) is 0 Å². The lowest BCUT2D eigenvalue weighted by Gasteiger charge is -2.26. The van der Waals surface area contributed by atoms with Gasteiger partial charge in [-0.25, -0.2) is 4.79 Å². The molecule has 1 aromatic rings. The van der Waals surface area contributed by atoms with Crippen molar-refractivity contribution < 1.29 is 9.53 Å². The van der Waals surface area contributed by atoms with Gasteiger partial charge in [0.25, 0.3) is 0 Å². The molecule has 2 N–H and O–H groups in total. The average Bonchev–Trinajstić information content (AvgIpc) is 2.92. The minimum Gasteiger partial charge on any atom is -0.379 e. The van der Waals surface area contributed by atoms with Crippen LogP contribution in [-0.2, 0) is 11.3 Å². The Balaban J connectivity index is 1.57. The molecule has 2 amide bonds. The number of hydrogen-bond acceptors (Lipinski definition) is 4. The van der Waals surface area contributed by atoms with Crippen molar-refractivity contribution >= 4 is 11.7 Å². The van der Waals surface area contributed by atoms with E-state index in [0.29, 0.717) is 6.54 Å². The Morgan fingerprint density at radius 1 is 1.45 bits per heavy atom. The van der Waals surface area contributed by atoms with E-state index in [1.165, 1.54) is 0 Å². The number of urea groups is 1. The highest BCUT2D eigenvalue weighted by molar-refractivity contribution is 5.88. The predicted molar refractivity (Wildman–Crippen MR) is 76.8 cm³/mol. The van der Waals surface area contributed by atoms with Gasteiger partial charge in [-0.05, 0) is 19.9 Å². The van der Waals surface area contributed by atoms with Crippen LogP contribution < -0.4 is 10.6 Å². The van der Waals surface area contributed by atoms with Crippen molar-refractivity contribution in [3.8, 4) is 0 Å². The van der Waals surface area contributed by atoms with E-state index < -0.39 is 0 Å². The molecule has 0 unspecified atom stereocenters. The van der Waals surface area contributed by atoms with Crippen molar-refractivity contribution in [2.45, 2.75) is 19.9 Å². The molecular formula is C13H23N5O2. The maximum absolute atomic E-state index is 11.7. The molecule has 20 heavy (non-hydrogen) atoms.